The minimum absolute atomic E-state index is 0.259. The Balaban J connectivity index is 1.66. The van der Waals surface area contributed by atoms with Gasteiger partial charge >= 0.3 is 6.18 Å². The first-order chi connectivity index (χ1) is 10.9. The fourth-order valence-electron chi connectivity index (χ4n) is 3.61. The van der Waals surface area contributed by atoms with Gasteiger partial charge in [-0.05, 0) is 58.0 Å². The van der Waals surface area contributed by atoms with Crippen LogP contribution in [-0.4, -0.2) is 56.8 Å². The fourth-order valence-corrected chi connectivity index (χ4v) is 3.61. The van der Waals surface area contributed by atoms with Crippen molar-refractivity contribution in [3.63, 3.8) is 0 Å². The van der Waals surface area contributed by atoms with Gasteiger partial charge in [0.2, 0.25) is 0 Å². The largest absolute Gasteiger partial charge is 0.391 e. The summed E-state index contributed by atoms with van der Waals surface area (Å²) < 4.78 is 38.0. The van der Waals surface area contributed by atoms with Crippen LogP contribution in [-0.2, 0) is 0 Å². The number of aliphatic imine (C=N–C) groups is 1. The molecule has 1 atom stereocenters. The Bertz CT molecular complexity index is 389. The van der Waals surface area contributed by atoms with Crippen LogP contribution >= 0.6 is 0 Å². The van der Waals surface area contributed by atoms with Gasteiger partial charge in [0.05, 0.1) is 5.92 Å². The molecule has 0 aromatic carbocycles. The van der Waals surface area contributed by atoms with Crippen molar-refractivity contribution < 1.29 is 13.2 Å². The van der Waals surface area contributed by atoms with Crippen LogP contribution in [0.1, 0.15) is 38.5 Å². The Hall–Kier alpha value is -0.980. The molecule has 0 bridgehead atoms. The van der Waals surface area contributed by atoms with E-state index in [0.29, 0.717) is 31.3 Å². The van der Waals surface area contributed by atoms with Gasteiger partial charge in [-0.2, -0.15) is 13.2 Å². The molecule has 0 radical (unpaired) electrons. The molecule has 0 aromatic heterocycles. The third kappa shape index (κ3) is 5.55. The highest BCUT2D eigenvalue weighted by Gasteiger charge is 2.41. The average molecular weight is 334 g/mol. The fraction of sp³-hybridized carbons (Fsp3) is 0.938. The zero-order valence-electron chi connectivity index (χ0n) is 14.1. The molecule has 2 aliphatic rings. The van der Waals surface area contributed by atoms with E-state index >= 15 is 0 Å². The molecule has 134 valence electrons. The molecular formula is C16H29F3N4. The number of likely N-dealkylation sites (N-methyl/N-ethyl adjacent to an activating group) is 1. The third-order valence-electron chi connectivity index (χ3n) is 5.27. The second-order valence-corrected chi connectivity index (χ2v) is 6.87. The number of nitrogens with zero attached hydrogens (tertiary/aromatic N) is 2. The van der Waals surface area contributed by atoms with Crippen LogP contribution in [0.25, 0.3) is 0 Å². The number of alkyl halides is 3. The van der Waals surface area contributed by atoms with Gasteiger partial charge in [0.1, 0.15) is 0 Å². The molecule has 2 N–H and O–H groups in total. The Labute approximate surface area is 136 Å². The van der Waals surface area contributed by atoms with E-state index in [9.17, 15) is 13.2 Å². The summed E-state index contributed by atoms with van der Waals surface area (Å²) in [5.41, 5.74) is 0. The lowest BCUT2D eigenvalue weighted by atomic mass is 9.81. The van der Waals surface area contributed by atoms with E-state index in [-0.39, 0.29) is 12.8 Å². The second kappa shape index (κ2) is 8.22. The minimum atomic E-state index is -4.02. The Morgan fingerprint density at radius 3 is 2.26 bits per heavy atom. The first-order valence-corrected chi connectivity index (χ1v) is 8.61. The highest BCUT2D eigenvalue weighted by Crippen LogP contribution is 2.39. The van der Waals surface area contributed by atoms with Crippen molar-refractivity contribution >= 4 is 5.96 Å². The molecule has 1 aliphatic carbocycles. The molecule has 1 aliphatic heterocycles. The molecule has 1 saturated heterocycles. The van der Waals surface area contributed by atoms with Gasteiger partial charge in [-0.1, -0.05) is 0 Å². The first kappa shape index (κ1) is 18.4. The lowest BCUT2D eigenvalue weighted by Gasteiger charge is -2.30. The molecule has 23 heavy (non-hydrogen) atoms. The van der Waals surface area contributed by atoms with E-state index in [2.05, 4.69) is 27.6 Å². The third-order valence-corrected chi connectivity index (χ3v) is 5.27. The van der Waals surface area contributed by atoms with Crippen LogP contribution in [0, 0.1) is 11.8 Å². The molecule has 7 heteroatoms. The van der Waals surface area contributed by atoms with Crippen molar-refractivity contribution in [3.8, 4) is 0 Å². The summed E-state index contributed by atoms with van der Waals surface area (Å²) in [4.78, 5) is 6.55. The highest BCUT2D eigenvalue weighted by atomic mass is 19.4. The summed E-state index contributed by atoms with van der Waals surface area (Å²) >= 11 is 0. The number of nitrogens with one attached hydrogen (secondary N) is 2. The van der Waals surface area contributed by atoms with Crippen molar-refractivity contribution in [1.82, 2.24) is 15.5 Å². The molecule has 2 fully saturated rings. The zero-order chi connectivity index (χ0) is 16.9. The van der Waals surface area contributed by atoms with E-state index in [1.54, 1.807) is 7.05 Å². The lowest BCUT2D eigenvalue weighted by Crippen LogP contribution is -2.45. The van der Waals surface area contributed by atoms with Crippen molar-refractivity contribution in [2.75, 3.05) is 33.7 Å². The first-order valence-electron chi connectivity index (χ1n) is 8.61. The van der Waals surface area contributed by atoms with Gasteiger partial charge in [-0.25, -0.2) is 0 Å². The maximum atomic E-state index is 12.7. The normalized spacial score (nSPS) is 30.5. The molecule has 4 nitrogen and oxygen atoms in total. The van der Waals surface area contributed by atoms with Crippen LogP contribution in [0.4, 0.5) is 13.2 Å². The smallest absolute Gasteiger partial charge is 0.356 e. The summed E-state index contributed by atoms with van der Waals surface area (Å²) in [5.74, 6) is -0.0429. The Kier molecular flexibility index (Phi) is 6.56. The number of likely N-dealkylation sites (tertiary alicyclic amines) is 1. The highest BCUT2D eigenvalue weighted by molar-refractivity contribution is 5.79. The van der Waals surface area contributed by atoms with Crippen LogP contribution < -0.4 is 10.6 Å². The molecule has 0 spiro atoms. The topological polar surface area (TPSA) is 39.7 Å². The molecule has 1 unspecified atom stereocenters. The van der Waals surface area contributed by atoms with E-state index in [1.165, 1.54) is 12.8 Å². The zero-order valence-corrected chi connectivity index (χ0v) is 14.1. The molecule has 0 amide bonds. The van der Waals surface area contributed by atoms with Gasteiger partial charge in [-0.15, -0.1) is 0 Å². The lowest BCUT2D eigenvalue weighted by molar-refractivity contribution is -0.183. The number of rotatable bonds is 4. The van der Waals surface area contributed by atoms with Gasteiger partial charge < -0.3 is 15.5 Å². The van der Waals surface area contributed by atoms with Crippen molar-refractivity contribution in [1.29, 1.82) is 0 Å². The molecular weight excluding hydrogens is 305 g/mol. The Morgan fingerprint density at radius 2 is 1.74 bits per heavy atom. The maximum Gasteiger partial charge on any atom is 0.391 e. The summed E-state index contributed by atoms with van der Waals surface area (Å²) in [7, 11) is 3.86. The van der Waals surface area contributed by atoms with Crippen LogP contribution in [0.5, 0.6) is 0 Å². The van der Waals surface area contributed by atoms with Gasteiger partial charge in [-0.3, -0.25) is 4.99 Å². The maximum absolute atomic E-state index is 12.7. The standard InChI is InChI=1S/C16H29F3N4/c1-20-15(22-11-14-4-3-9-23(14)2)21-10-12-5-7-13(8-6-12)16(17,18)19/h12-14H,3-11H2,1-2H3,(H2,20,21,22). The minimum Gasteiger partial charge on any atom is -0.356 e. The van der Waals surface area contributed by atoms with Crippen LogP contribution in [0.15, 0.2) is 4.99 Å². The second-order valence-electron chi connectivity index (χ2n) is 6.87. The number of hydrogen-bond acceptors (Lipinski definition) is 2. The summed E-state index contributed by atoms with van der Waals surface area (Å²) in [6, 6.07) is 0.538. The SMILES string of the molecule is CN=C(NCC1CCC(C(F)(F)F)CC1)NCC1CCCN1C. The van der Waals surface area contributed by atoms with Crippen molar-refractivity contribution in [2.45, 2.75) is 50.7 Å². The average Bonchev–Trinajstić information content (AvgIpc) is 2.92. The van der Waals surface area contributed by atoms with Crippen molar-refractivity contribution in [2.24, 2.45) is 16.8 Å². The van der Waals surface area contributed by atoms with Crippen molar-refractivity contribution in [3.05, 3.63) is 0 Å². The summed E-state index contributed by atoms with van der Waals surface area (Å²) in [5, 5.41) is 6.60. The summed E-state index contributed by atoms with van der Waals surface area (Å²) in [6.45, 7) is 2.70. The van der Waals surface area contributed by atoms with Gasteiger partial charge in [0, 0.05) is 26.2 Å². The van der Waals surface area contributed by atoms with E-state index in [4.69, 9.17) is 0 Å². The molecule has 2 rings (SSSR count). The predicted molar refractivity (Wildman–Crippen MR) is 86.5 cm³/mol. The molecule has 1 heterocycles. The monoisotopic (exact) mass is 334 g/mol. The number of hydrogen-bond donors (Lipinski definition) is 2. The number of guanidine groups is 1. The quantitative estimate of drug-likeness (QED) is 0.613. The number of halogens is 3. The van der Waals surface area contributed by atoms with E-state index in [0.717, 1.165) is 19.0 Å². The molecule has 0 aromatic rings. The van der Waals surface area contributed by atoms with Gasteiger partial charge in [0.15, 0.2) is 5.96 Å². The van der Waals surface area contributed by atoms with Crippen LogP contribution in [0.3, 0.4) is 0 Å². The van der Waals surface area contributed by atoms with Gasteiger partial charge in [0.25, 0.3) is 0 Å². The molecule has 1 saturated carbocycles. The van der Waals surface area contributed by atoms with E-state index in [1.807, 2.05) is 0 Å². The predicted octanol–water partition coefficient (Wildman–Crippen LogP) is 2.61. The Morgan fingerprint density at radius 1 is 1.09 bits per heavy atom. The van der Waals surface area contributed by atoms with E-state index < -0.39 is 12.1 Å². The van der Waals surface area contributed by atoms with Crippen LogP contribution in [0.2, 0.25) is 0 Å². The summed E-state index contributed by atoms with van der Waals surface area (Å²) in [6.07, 6.45) is 0.200.